The van der Waals surface area contributed by atoms with Crippen LogP contribution in [-0.2, 0) is 24.6 Å². The summed E-state index contributed by atoms with van der Waals surface area (Å²) in [5.41, 5.74) is 5.30. The molecule has 54 heavy (non-hydrogen) atoms. The lowest BCUT2D eigenvalue weighted by atomic mass is 9.76. The van der Waals surface area contributed by atoms with Crippen LogP contribution < -0.4 is 10.6 Å². The normalized spacial score (nSPS) is 12.8. The Balaban J connectivity index is 1.55. The molecule has 2 atom stereocenters. The molecule has 0 radical (unpaired) electrons. The van der Waals surface area contributed by atoms with E-state index in [0.29, 0.717) is 12.2 Å². The minimum Gasteiger partial charge on any atom is -0.467 e. The molecule has 0 bridgehead atoms. The van der Waals surface area contributed by atoms with Gasteiger partial charge in [-0.15, -0.1) is 11.8 Å². The summed E-state index contributed by atoms with van der Waals surface area (Å²) in [6.45, 7) is 4.07. The van der Waals surface area contributed by atoms with Crippen molar-refractivity contribution in [1.29, 1.82) is 0 Å². The van der Waals surface area contributed by atoms with Gasteiger partial charge in [-0.05, 0) is 45.7 Å². The molecule has 0 fully saturated rings. The maximum atomic E-state index is 15.1. The molecule has 6 aromatic carbocycles. The highest BCUT2D eigenvalue weighted by molar-refractivity contribution is 8.00. The fourth-order valence-corrected chi connectivity index (χ4v) is 8.90. The van der Waals surface area contributed by atoms with Gasteiger partial charge in [-0.3, -0.25) is 10.1 Å². The monoisotopic (exact) mass is 732 g/mol. The maximum absolute atomic E-state index is 15.1. The summed E-state index contributed by atoms with van der Waals surface area (Å²) in [5, 5.41) is 7.12. The highest BCUT2D eigenvalue weighted by Gasteiger charge is 2.43. The Bertz CT molecular complexity index is 1850. The van der Waals surface area contributed by atoms with Gasteiger partial charge < -0.3 is 10.1 Å². The molecule has 274 valence electrons. The number of esters is 1. The molecule has 1 amide bonds. The summed E-state index contributed by atoms with van der Waals surface area (Å²) in [4.78, 5) is 28.2. The lowest BCUT2D eigenvalue weighted by Gasteiger charge is -2.41. The van der Waals surface area contributed by atoms with Crippen LogP contribution in [0.25, 0.3) is 0 Å². The summed E-state index contributed by atoms with van der Waals surface area (Å²) in [6, 6.07) is 60.7. The van der Waals surface area contributed by atoms with Gasteiger partial charge in [-0.25, -0.2) is 4.79 Å². The van der Waals surface area contributed by atoms with Crippen molar-refractivity contribution in [2.45, 2.75) is 42.6 Å². The van der Waals surface area contributed by atoms with Crippen molar-refractivity contribution in [2.75, 3.05) is 12.9 Å². The number of rotatable bonds is 16. The van der Waals surface area contributed by atoms with Gasteiger partial charge in [-0.1, -0.05) is 196 Å². The van der Waals surface area contributed by atoms with Gasteiger partial charge in [0.15, 0.2) is 0 Å². The first-order valence-electron chi connectivity index (χ1n) is 18.5. The molecule has 0 aliphatic heterocycles. The van der Waals surface area contributed by atoms with Crippen LogP contribution in [0.1, 0.15) is 53.6 Å². The number of carbonyl (C=O) groups is 2. The first-order chi connectivity index (χ1) is 26.4. The van der Waals surface area contributed by atoms with Gasteiger partial charge in [-0.2, -0.15) is 0 Å². The van der Waals surface area contributed by atoms with E-state index >= 15 is 4.79 Å². The fourth-order valence-electron chi connectivity index (χ4n) is 7.34. The molecule has 6 heteroatoms. The van der Waals surface area contributed by atoms with Crippen LogP contribution in [0.3, 0.4) is 0 Å². The number of hydrogen-bond donors (Lipinski definition) is 2. The van der Waals surface area contributed by atoms with Crippen molar-refractivity contribution in [3.8, 4) is 0 Å². The predicted octanol–water partition coefficient (Wildman–Crippen LogP) is 9.37. The lowest BCUT2D eigenvalue weighted by Crippen LogP contribution is -2.58. The van der Waals surface area contributed by atoms with E-state index in [1.165, 1.54) is 7.11 Å². The topological polar surface area (TPSA) is 67.4 Å². The SMILES string of the molecule is COC(=O)[C@H](CC(C)C)NC(=O)[C@@H](CSC(c1ccccc1)(c1ccccc1)c1ccccc1)NC(c1ccccc1)(c1ccccc1)c1ccccc1. The number of hydrogen-bond acceptors (Lipinski definition) is 5. The molecule has 0 aliphatic rings. The number of ether oxygens (including phenoxy) is 1. The number of methoxy groups -OCH3 is 1. The molecule has 0 spiro atoms. The second kappa shape index (κ2) is 18.1. The highest BCUT2D eigenvalue weighted by Crippen LogP contribution is 2.49. The van der Waals surface area contributed by atoms with E-state index < -0.39 is 28.3 Å². The zero-order valence-corrected chi connectivity index (χ0v) is 31.9. The third-order valence-electron chi connectivity index (χ3n) is 9.84. The van der Waals surface area contributed by atoms with E-state index in [4.69, 9.17) is 4.74 Å². The van der Waals surface area contributed by atoms with Crippen molar-refractivity contribution in [1.82, 2.24) is 10.6 Å². The molecule has 5 nitrogen and oxygen atoms in total. The average molecular weight is 733 g/mol. The number of thioether (sulfide) groups is 1. The van der Waals surface area contributed by atoms with E-state index in [2.05, 4.69) is 120 Å². The summed E-state index contributed by atoms with van der Waals surface area (Å²) >= 11 is 1.71. The predicted molar refractivity (Wildman–Crippen MR) is 221 cm³/mol. The Kier molecular flexibility index (Phi) is 12.8. The molecule has 0 saturated carbocycles. The average Bonchev–Trinajstić information content (AvgIpc) is 3.23. The van der Waals surface area contributed by atoms with Gasteiger partial charge in [0.1, 0.15) is 6.04 Å². The highest BCUT2D eigenvalue weighted by atomic mass is 32.2. The second-order valence-corrected chi connectivity index (χ2v) is 15.1. The van der Waals surface area contributed by atoms with E-state index in [1.54, 1.807) is 11.8 Å². The molecular weight excluding hydrogens is 685 g/mol. The van der Waals surface area contributed by atoms with E-state index in [0.717, 1.165) is 33.4 Å². The van der Waals surface area contributed by atoms with Crippen molar-refractivity contribution in [3.05, 3.63) is 215 Å². The molecule has 0 saturated heterocycles. The van der Waals surface area contributed by atoms with Crippen molar-refractivity contribution >= 4 is 23.6 Å². The number of amides is 1. The lowest BCUT2D eigenvalue weighted by molar-refractivity contribution is -0.145. The fraction of sp³-hybridized carbons (Fsp3) is 0.208. The largest absolute Gasteiger partial charge is 0.467 e. The van der Waals surface area contributed by atoms with E-state index in [1.807, 2.05) is 86.6 Å². The van der Waals surface area contributed by atoms with Gasteiger partial charge >= 0.3 is 5.97 Å². The first kappa shape index (κ1) is 38.3. The molecule has 2 N–H and O–H groups in total. The zero-order chi connectivity index (χ0) is 37.8. The van der Waals surface area contributed by atoms with Crippen LogP contribution in [0.2, 0.25) is 0 Å². The molecule has 0 aliphatic carbocycles. The minimum atomic E-state index is -0.944. The number of benzene rings is 6. The van der Waals surface area contributed by atoms with Crippen LogP contribution >= 0.6 is 11.8 Å². The van der Waals surface area contributed by atoms with Crippen LogP contribution in [0.15, 0.2) is 182 Å². The quantitative estimate of drug-likeness (QED) is 0.0767. The van der Waals surface area contributed by atoms with Crippen molar-refractivity contribution < 1.29 is 14.3 Å². The van der Waals surface area contributed by atoms with E-state index in [-0.39, 0.29) is 11.8 Å². The molecular formula is C48H48N2O3S. The molecule has 6 aromatic rings. The van der Waals surface area contributed by atoms with Gasteiger partial charge in [0, 0.05) is 5.75 Å². The summed E-state index contributed by atoms with van der Waals surface area (Å²) < 4.78 is 4.53. The molecule has 0 aromatic heterocycles. The first-order valence-corrected chi connectivity index (χ1v) is 19.5. The molecule has 0 unspecified atom stereocenters. The van der Waals surface area contributed by atoms with Crippen LogP contribution in [0.5, 0.6) is 0 Å². The molecule has 0 heterocycles. The Morgan fingerprint density at radius 1 is 0.537 bits per heavy atom. The van der Waals surface area contributed by atoms with Crippen LogP contribution in [0, 0.1) is 5.92 Å². The number of carbonyl (C=O) groups excluding carboxylic acids is 2. The Labute approximate surface area is 324 Å². The zero-order valence-electron chi connectivity index (χ0n) is 31.1. The molecule has 6 rings (SSSR count). The van der Waals surface area contributed by atoms with Crippen molar-refractivity contribution in [3.63, 3.8) is 0 Å². The smallest absolute Gasteiger partial charge is 0.328 e. The Hall–Kier alpha value is -5.43. The minimum absolute atomic E-state index is 0.147. The van der Waals surface area contributed by atoms with Crippen LogP contribution in [0.4, 0.5) is 0 Å². The summed E-state index contributed by atoms with van der Waals surface area (Å²) in [6.07, 6.45) is 0.446. The standard InChI is InChI=1S/C48H48N2O3S/c1-36(2)34-43(46(52)53-3)49-45(51)44(50-47(37-22-10-4-11-23-37,38-24-12-5-13-25-38)39-26-14-6-15-27-39)35-54-48(40-28-16-7-17-29-40,41-30-18-8-19-31-41)42-32-20-9-21-33-42/h4-33,36,43-44,50H,34-35H2,1-3H3,(H,49,51)/t43-,44+/m0/s1. The van der Waals surface area contributed by atoms with Gasteiger partial charge in [0.2, 0.25) is 5.91 Å². The van der Waals surface area contributed by atoms with Gasteiger partial charge in [0.05, 0.1) is 23.4 Å². The third-order valence-corrected chi connectivity index (χ3v) is 11.5. The van der Waals surface area contributed by atoms with E-state index in [9.17, 15) is 4.79 Å². The second-order valence-electron chi connectivity index (χ2n) is 13.8. The summed E-state index contributed by atoms with van der Waals surface area (Å²) in [7, 11) is 1.37. The Morgan fingerprint density at radius 2 is 0.870 bits per heavy atom. The van der Waals surface area contributed by atoms with Gasteiger partial charge in [0.25, 0.3) is 0 Å². The van der Waals surface area contributed by atoms with Crippen LogP contribution in [-0.4, -0.2) is 36.8 Å². The summed E-state index contributed by atoms with van der Waals surface area (Å²) in [5.74, 6) is -0.257. The third kappa shape index (κ3) is 8.36. The maximum Gasteiger partial charge on any atom is 0.328 e. The Morgan fingerprint density at radius 3 is 1.19 bits per heavy atom. The number of nitrogens with one attached hydrogen (secondary N) is 2. The van der Waals surface area contributed by atoms with Crippen molar-refractivity contribution in [2.24, 2.45) is 5.92 Å².